The molecule has 0 spiro atoms. The second kappa shape index (κ2) is 3.50. The SMILES string of the molecule is CC(C)(C)c1nc2c(ccc3ncccc32)s1. The minimum Gasteiger partial charge on any atom is -0.256 e. The largest absolute Gasteiger partial charge is 0.256 e. The highest BCUT2D eigenvalue weighted by Crippen LogP contribution is 2.33. The number of nitrogens with zero attached hydrogens (tertiary/aromatic N) is 2. The predicted molar refractivity (Wildman–Crippen MR) is 73.6 cm³/mol. The Morgan fingerprint density at radius 3 is 2.71 bits per heavy atom. The van der Waals surface area contributed by atoms with Gasteiger partial charge in [-0.1, -0.05) is 20.8 Å². The lowest BCUT2D eigenvalue weighted by Gasteiger charge is -2.13. The van der Waals surface area contributed by atoms with Crippen molar-refractivity contribution < 1.29 is 0 Å². The van der Waals surface area contributed by atoms with Crippen molar-refractivity contribution in [3.05, 3.63) is 35.5 Å². The van der Waals surface area contributed by atoms with Gasteiger partial charge in [-0.05, 0) is 24.3 Å². The van der Waals surface area contributed by atoms with Crippen LogP contribution in [0.4, 0.5) is 0 Å². The van der Waals surface area contributed by atoms with Crippen molar-refractivity contribution in [3.8, 4) is 0 Å². The molecule has 0 fully saturated rings. The molecule has 0 saturated carbocycles. The topological polar surface area (TPSA) is 25.8 Å². The van der Waals surface area contributed by atoms with Crippen LogP contribution in [0.1, 0.15) is 25.8 Å². The summed E-state index contributed by atoms with van der Waals surface area (Å²) in [5.74, 6) is 0. The normalized spacial score (nSPS) is 12.4. The zero-order chi connectivity index (χ0) is 12.0. The molecule has 0 N–H and O–H groups in total. The number of fused-ring (bicyclic) bond motifs is 3. The fourth-order valence-electron chi connectivity index (χ4n) is 1.86. The van der Waals surface area contributed by atoms with E-state index in [1.807, 2.05) is 12.3 Å². The number of pyridine rings is 1. The maximum Gasteiger partial charge on any atom is 0.0992 e. The zero-order valence-corrected chi connectivity index (χ0v) is 11.0. The number of hydrogen-bond donors (Lipinski definition) is 0. The molecule has 0 saturated heterocycles. The Morgan fingerprint density at radius 1 is 1.12 bits per heavy atom. The Kier molecular flexibility index (Phi) is 2.20. The van der Waals surface area contributed by atoms with Gasteiger partial charge in [0.1, 0.15) is 0 Å². The molecule has 2 heterocycles. The summed E-state index contributed by atoms with van der Waals surface area (Å²) in [6.07, 6.45) is 1.82. The summed E-state index contributed by atoms with van der Waals surface area (Å²) in [4.78, 5) is 9.16. The van der Waals surface area contributed by atoms with Gasteiger partial charge in [0, 0.05) is 17.0 Å². The number of hydrogen-bond acceptors (Lipinski definition) is 3. The van der Waals surface area contributed by atoms with E-state index in [0.717, 1.165) is 16.4 Å². The van der Waals surface area contributed by atoms with E-state index < -0.39 is 0 Å². The Hall–Kier alpha value is -1.48. The van der Waals surface area contributed by atoms with Crippen molar-refractivity contribution in [3.63, 3.8) is 0 Å². The maximum atomic E-state index is 4.79. The van der Waals surface area contributed by atoms with Crippen LogP contribution in [0.3, 0.4) is 0 Å². The second-order valence-corrected chi connectivity index (χ2v) is 6.28. The summed E-state index contributed by atoms with van der Waals surface area (Å²) in [5.41, 5.74) is 2.22. The molecule has 0 unspecified atom stereocenters. The molecule has 2 aromatic heterocycles. The van der Waals surface area contributed by atoms with Gasteiger partial charge >= 0.3 is 0 Å². The van der Waals surface area contributed by atoms with Crippen LogP contribution in [0.25, 0.3) is 21.1 Å². The van der Waals surface area contributed by atoms with E-state index in [1.54, 1.807) is 11.3 Å². The molecule has 0 aliphatic rings. The van der Waals surface area contributed by atoms with Crippen LogP contribution >= 0.6 is 11.3 Å². The van der Waals surface area contributed by atoms with E-state index in [4.69, 9.17) is 4.98 Å². The van der Waals surface area contributed by atoms with Gasteiger partial charge in [-0.3, -0.25) is 4.98 Å². The summed E-state index contributed by atoms with van der Waals surface area (Å²) in [6.45, 7) is 6.60. The smallest absolute Gasteiger partial charge is 0.0992 e. The van der Waals surface area contributed by atoms with Gasteiger partial charge in [-0.2, -0.15) is 0 Å². The number of aromatic nitrogens is 2. The van der Waals surface area contributed by atoms with Crippen LogP contribution in [0.2, 0.25) is 0 Å². The Labute approximate surface area is 104 Å². The van der Waals surface area contributed by atoms with Crippen molar-refractivity contribution >= 4 is 32.5 Å². The summed E-state index contributed by atoms with van der Waals surface area (Å²) in [7, 11) is 0. The van der Waals surface area contributed by atoms with E-state index in [0.29, 0.717) is 0 Å². The van der Waals surface area contributed by atoms with Crippen molar-refractivity contribution in [2.45, 2.75) is 26.2 Å². The summed E-state index contributed by atoms with van der Waals surface area (Å²) >= 11 is 1.78. The first-order chi connectivity index (χ1) is 8.05. The van der Waals surface area contributed by atoms with Crippen LogP contribution in [-0.2, 0) is 5.41 Å². The Morgan fingerprint density at radius 2 is 1.94 bits per heavy atom. The molecule has 0 aliphatic carbocycles. The minimum atomic E-state index is 0.109. The van der Waals surface area contributed by atoms with Gasteiger partial charge in [0.05, 0.1) is 20.7 Å². The lowest BCUT2D eigenvalue weighted by molar-refractivity contribution is 0.587. The fourth-order valence-corrected chi connectivity index (χ4v) is 2.90. The van der Waals surface area contributed by atoms with Gasteiger partial charge in [-0.15, -0.1) is 11.3 Å². The molecule has 0 atom stereocenters. The van der Waals surface area contributed by atoms with Crippen LogP contribution in [0.5, 0.6) is 0 Å². The minimum absolute atomic E-state index is 0.109. The Bertz CT molecular complexity index is 692. The first kappa shape index (κ1) is 10.7. The first-order valence-corrected chi connectivity index (χ1v) is 6.52. The van der Waals surface area contributed by atoms with Crippen LogP contribution in [0, 0.1) is 0 Å². The molecule has 0 bridgehead atoms. The Balaban J connectivity index is 2.39. The molecule has 3 aromatic rings. The molecule has 0 radical (unpaired) electrons. The number of benzene rings is 1. The highest BCUT2D eigenvalue weighted by molar-refractivity contribution is 7.18. The molecule has 3 rings (SSSR count). The van der Waals surface area contributed by atoms with Crippen molar-refractivity contribution in [1.29, 1.82) is 0 Å². The lowest BCUT2D eigenvalue weighted by atomic mass is 9.98. The van der Waals surface area contributed by atoms with E-state index >= 15 is 0 Å². The monoisotopic (exact) mass is 242 g/mol. The van der Waals surface area contributed by atoms with Gasteiger partial charge in [0.15, 0.2) is 0 Å². The number of thiazole rings is 1. The standard InChI is InChI=1S/C14H14N2S/c1-14(2,3)13-16-12-9-5-4-8-15-10(9)6-7-11(12)17-13/h4-8H,1-3H3. The second-order valence-electron chi connectivity index (χ2n) is 5.25. The molecule has 86 valence electrons. The fraction of sp³-hybridized carbons (Fsp3) is 0.286. The molecular weight excluding hydrogens is 228 g/mol. The third-order valence-corrected chi connectivity index (χ3v) is 4.23. The average molecular weight is 242 g/mol. The zero-order valence-electron chi connectivity index (χ0n) is 10.2. The highest BCUT2D eigenvalue weighted by Gasteiger charge is 2.19. The average Bonchev–Trinajstić information content (AvgIpc) is 2.72. The van der Waals surface area contributed by atoms with Crippen molar-refractivity contribution in [2.75, 3.05) is 0 Å². The van der Waals surface area contributed by atoms with E-state index in [2.05, 4.69) is 44.0 Å². The van der Waals surface area contributed by atoms with Crippen LogP contribution < -0.4 is 0 Å². The molecule has 1 aromatic carbocycles. The van der Waals surface area contributed by atoms with E-state index in [9.17, 15) is 0 Å². The first-order valence-electron chi connectivity index (χ1n) is 5.70. The van der Waals surface area contributed by atoms with E-state index in [1.165, 1.54) is 9.71 Å². The van der Waals surface area contributed by atoms with Crippen molar-refractivity contribution in [2.24, 2.45) is 0 Å². The summed E-state index contributed by atoms with van der Waals surface area (Å²) in [6, 6.07) is 8.26. The predicted octanol–water partition coefficient (Wildman–Crippen LogP) is 4.14. The van der Waals surface area contributed by atoms with Crippen molar-refractivity contribution in [1.82, 2.24) is 9.97 Å². The third kappa shape index (κ3) is 1.71. The van der Waals surface area contributed by atoms with Gasteiger partial charge < -0.3 is 0 Å². The third-order valence-electron chi connectivity index (χ3n) is 2.78. The molecule has 0 amide bonds. The molecule has 17 heavy (non-hydrogen) atoms. The lowest BCUT2D eigenvalue weighted by Crippen LogP contribution is -2.09. The highest BCUT2D eigenvalue weighted by atomic mass is 32.1. The van der Waals surface area contributed by atoms with Gasteiger partial charge in [-0.25, -0.2) is 4.98 Å². The molecule has 2 nitrogen and oxygen atoms in total. The quantitative estimate of drug-likeness (QED) is 0.592. The summed E-state index contributed by atoms with van der Waals surface area (Å²) in [5, 5.41) is 2.33. The van der Waals surface area contributed by atoms with Crippen LogP contribution in [-0.4, -0.2) is 9.97 Å². The molecular formula is C14H14N2S. The number of rotatable bonds is 0. The molecule has 0 aliphatic heterocycles. The van der Waals surface area contributed by atoms with Gasteiger partial charge in [0.25, 0.3) is 0 Å². The summed E-state index contributed by atoms with van der Waals surface area (Å²) < 4.78 is 1.25. The molecule has 3 heteroatoms. The van der Waals surface area contributed by atoms with Crippen LogP contribution in [0.15, 0.2) is 30.5 Å². The van der Waals surface area contributed by atoms with Gasteiger partial charge in [0.2, 0.25) is 0 Å². The maximum absolute atomic E-state index is 4.79. The van der Waals surface area contributed by atoms with E-state index in [-0.39, 0.29) is 5.41 Å².